The molecule has 1 heterocycles. The molecule has 0 unspecified atom stereocenters. The number of benzene rings is 4. The molecule has 4 aromatic carbocycles. The quantitative estimate of drug-likeness (QED) is 0.270. The van der Waals surface area contributed by atoms with Crippen LogP contribution in [0, 0.1) is 13.8 Å². The molecule has 2 fully saturated rings. The van der Waals surface area contributed by atoms with E-state index in [1.54, 1.807) is 0 Å². The first-order chi connectivity index (χ1) is 21.5. The average molecular weight is 722 g/mol. The molecule has 1 aliphatic heterocycles. The Bertz CT molecular complexity index is 1650. The number of nitrogens with zero attached hydrogens (tertiary/aromatic N) is 2. The van der Waals surface area contributed by atoms with Gasteiger partial charge in [0, 0.05) is 0 Å². The average Bonchev–Trinajstić information content (AvgIpc) is 3.37. The van der Waals surface area contributed by atoms with Crippen molar-refractivity contribution in [2.75, 3.05) is 0 Å². The van der Waals surface area contributed by atoms with Crippen LogP contribution in [0.3, 0.4) is 0 Å². The molecule has 6 heteroatoms. The van der Waals surface area contributed by atoms with Crippen molar-refractivity contribution >= 4 is 12.4 Å². The van der Waals surface area contributed by atoms with Crippen molar-refractivity contribution in [3.05, 3.63) is 129 Å². The maximum absolute atomic E-state index is 11.7. The Morgan fingerprint density at radius 2 is 1.00 bits per heavy atom. The molecular formula is C40H46BrMnN2O2+. The van der Waals surface area contributed by atoms with Gasteiger partial charge in [0.1, 0.15) is 0 Å². The molecule has 0 aromatic heterocycles. The smallest absolute Gasteiger partial charge is 1.00 e. The second kappa shape index (κ2) is 13.5. The normalized spacial score (nSPS) is 20.0. The number of phenolic OH excluding ortho intramolecular Hbond substituents is 2. The molecule has 46 heavy (non-hydrogen) atoms. The zero-order valence-electron chi connectivity index (χ0n) is 27.8. The molecule has 2 N–H and O–H groups in total. The molecule has 241 valence electrons. The summed E-state index contributed by atoms with van der Waals surface area (Å²) in [6.45, 7) is 13.0. The summed E-state index contributed by atoms with van der Waals surface area (Å²) in [4.78, 5) is 0. The first-order valence-electron chi connectivity index (χ1n) is 16.2. The zero-order valence-corrected chi connectivity index (χ0v) is 30.5. The van der Waals surface area contributed by atoms with Gasteiger partial charge in [0.05, 0.1) is 0 Å². The monoisotopic (exact) mass is 720 g/mol. The van der Waals surface area contributed by atoms with Gasteiger partial charge in [0.25, 0.3) is 0 Å². The van der Waals surface area contributed by atoms with E-state index in [4.69, 9.17) is 0 Å². The SMILES string of the molecule is Cc1cc(C=[N+]2[Mn][N+](=Cc3cc(C)cc(C(C)(C)c4ccccc4)c3O)[C@@H]3CCCC[C@H]32)c(O)c(C(C)(C)c2ccccc2)c1.[Br-]. The van der Waals surface area contributed by atoms with Crippen molar-refractivity contribution in [1.29, 1.82) is 0 Å². The van der Waals surface area contributed by atoms with E-state index >= 15 is 0 Å². The molecule has 0 spiro atoms. The summed E-state index contributed by atoms with van der Waals surface area (Å²) < 4.78 is 4.92. The largest absolute Gasteiger partial charge is 1.00 e. The number of aromatic hydroxyl groups is 2. The molecule has 1 aliphatic carbocycles. The molecule has 0 amide bonds. The summed E-state index contributed by atoms with van der Waals surface area (Å²) in [6.07, 6.45) is 9.07. The van der Waals surface area contributed by atoms with E-state index in [1.807, 2.05) is 12.1 Å². The van der Waals surface area contributed by atoms with Gasteiger partial charge >= 0.3 is 276 Å². The van der Waals surface area contributed by atoms with Crippen LogP contribution in [0.1, 0.15) is 97.9 Å². The van der Waals surface area contributed by atoms with Crippen molar-refractivity contribution in [2.24, 2.45) is 0 Å². The van der Waals surface area contributed by atoms with Crippen molar-refractivity contribution in [3.8, 4) is 11.5 Å². The van der Waals surface area contributed by atoms with Crippen LogP contribution < -0.4 is 17.0 Å². The van der Waals surface area contributed by atoms with Gasteiger partial charge in [0.15, 0.2) is 0 Å². The number of hydrogen-bond donors (Lipinski definition) is 2. The van der Waals surface area contributed by atoms with E-state index in [0.29, 0.717) is 39.0 Å². The number of hydrogen-bond acceptors (Lipinski definition) is 2. The van der Waals surface area contributed by atoms with E-state index in [-0.39, 0.29) is 27.8 Å². The summed E-state index contributed by atoms with van der Waals surface area (Å²) in [7, 11) is 0. The van der Waals surface area contributed by atoms with Crippen LogP contribution >= 0.6 is 0 Å². The first-order valence-corrected chi connectivity index (χ1v) is 17.2. The van der Waals surface area contributed by atoms with E-state index in [9.17, 15) is 10.2 Å². The molecule has 0 radical (unpaired) electrons. The Balaban J connectivity index is 0.00000417. The van der Waals surface area contributed by atoms with Gasteiger partial charge in [-0.3, -0.25) is 0 Å². The van der Waals surface area contributed by atoms with E-state index in [0.717, 1.165) is 46.2 Å². The zero-order chi connectivity index (χ0) is 31.9. The minimum Gasteiger partial charge on any atom is -1.00 e. The van der Waals surface area contributed by atoms with Gasteiger partial charge in [-0.1, -0.05) is 0 Å². The van der Waals surface area contributed by atoms with Crippen LogP contribution in [0.2, 0.25) is 0 Å². The van der Waals surface area contributed by atoms with E-state index in [1.165, 1.54) is 24.0 Å². The third kappa shape index (κ3) is 6.50. The Hall–Kier alpha value is -3.18. The summed E-state index contributed by atoms with van der Waals surface area (Å²) in [5.74, 6) is 0.720. The van der Waals surface area contributed by atoms with Crippen LogP contribution in [-0.4, -0.2) is 41.9 Å². The predicted molar refractivity (Wildman–Crippen MR) is 180 cm³/mol. The minimum absolute atomic E-state index is 0. The van der Waals surface area contributed by atoms with E-state index < -0.39 is 0 Å². The maximum atomic E-state index is 11.7. The predicted octanol–water partition coefficient (Wildman–Crippen LogP) is 5.17. The maximum Gasteiger partial charge on any atom is -1.00 e. The molecule has 0 bridgehead atoms. The van der Waals surface area contributed by atoms with Crippen LogP contribution in [-0.2, 0) is 26.2 Å². The fraction of sp³-hybridized carbons (Fsp3) is 0.350. The van der Waals surface area contributed by atoms with Crippen LogP contribution in [0.4, 0.5) is 0 Å². The topological polar surface area (TPSA) is 46.5 Å². The van der Waals surface area contributed by atoms with Crippen molar-refractivity contribution < 1.29 is 49.8 Å². The Morgan fingerprint density at radius 3 is 1.37 bits per heavy atom. The fourth-order valence-corrected chi connectivity index (χ4v) is 9.01. The number of rotatable bonds is 6. The number of phenols is 2. The van der Waals surface area contributed by atoms with Crippen LogP contribution in [0.25, 0.3) is 0 Å². The van der Waals surface area contributed by atoms with Gasteiger partial charge < -0.3 is 17.0 Å². The van der Waals surface area contributed by atoms with Crippen LogP contribution in [0.5, 0.6) is 11.5 Å². The Kier molecular flexibility index (Phi) is 10.0. The number of halogens is 1. The second-order valence-electron chi connectivity index (χ2n) is 13.9. The molecule has 6 rings (SSSR count). The molecule has 1 saturated heterocycles. The summed E-state index contributed by atoms with van der Waals surface area (Å²) in [6, 6.07) is 30.1. The Morgan fingerprint density at radius 1 is 0.630 bits per heavy atom. The fourth-order valence-electron chi connectivity index (χ4n) is 7.16. The molecular weight excluding hydrogens is 675 g/mol. The van der Waals surface area contributed by atoms with Gasteiger partial charge in [-0.2, -0.15) is 0 Å². The van der Waals surface area contributed by atoms with Crippen LogP contribution in [0.15, 0.2) is 84.9 Å². The summed E-state index contributed by atoms with van der Waals surface area (Å²) in [5.41, 5.74) is 7.61. The number of aryl methyl sites for hydroxylation is 2. The molecule has 2 aliphatic rings. The van der Waals surface area contributed by atoms with Gasteiger partial charge in [-0.15, -0.1) is 0 Å². The third-order valence-electron chi connectivity index (χ3n) is 9.93. The first kappa shape index (κ1) is 34.2. The molecule has 4 aromatic rings. The molecule has 2 atom stereocenters. The summed E-state index contributed by atoms with van der Waals surface area (Å²) in [5, 5.41) is 23.5. The van der Waals surface area contributed by atoms with Crippen molar-refractivity contribution in [1.82, 2.24) is 0 Å². The third-order valence-corrected chi connectivity index (χ3v) is 11.6. The van der Waals surface area contributed by atoms with Gasteiger partial charge in [0.2, 0.25) is 0 Å². The second-order valence-corrected chi connectivity index (χ2v) is 15.4. The van der Waals surface area contributed by atoms with Gasteiger partial charge in [-0.05, 0) is 0 Å². The summed E-state index contributed by atoms with van der Waals surface area (Å²) >= 11 is 0.348. The minimum atomic E-state index is -0.339. The standard InChI is InChI=1S/C40H46N2O2.BrH.Mn/c1-27-21-29(37(43)33(23-27)39(3,4)31-15-9-7-10-16-31)25-41-35-19-13-14-20-36(35)42-26-30-22-28(2)24-34(38(30)44)40(5,6)32-17-11-8-12-18-32;;/h7-12,15-18,21-26,35-36,43-44H,13-14,19-20H2,1-6H3;1H;/q;;+2/p-1/t35-,36-;;/m1../s1. The van der Waals surface area contributed by atoms with Crippen molar-refractivity contribution in [2.45, 2.75) is 90.1 Å². The van der Waals surface area contributed by atoms with E-state index in [2.05, 4.69) is 134 Å². The van der Waals surface area contributed by atoms with Gasteiger partial charge in [-0.25, -0.2) is 0 Å². The number of fused-ring (bicyclic) bond motifs is 1. The Labute approximate surface area is 291 Å². The van der Waals surface area contributed by atoms with Crippen molar-refractivity contribution in [3.63, 3.8) is 0 Å². The molecule has 4 nitrogen and oxygen atoms in total. The molecule has 1 saturated carbocycles.